The number of carbonyl (C=O) groups excluding carboxylic acids is 1. The molecule has 1 heterocycles. The predicted octanol–water partition coefficient (Wildman–Crippen LogP) is 2.69. The molecule has 1 aromatic carbocycles. The fraction of sp³-hybridized carbons (Fsp3) is 0.308. The molecule has 0 radical (unpaired) electrons. The van der Waals surface area contributed by atoms with E-state index in [1.54, 1.807) is 0 Å². The number of carbonyl (C=O) groups is 1. The van der Waals surface area contributed by atoms with E-state index in [-0.39, 0.29) is 5.78 Å². The zero-order valence-electron chi connectivity index (χ0n) is 10.3. The van der Waals surface area contributed by atoms with Crippen molar-refractivity contribution in [2.24, 2.45) is 0 Å². The lowest BCUT2D eigenvalue weighted by molar-refractivity contribution is -0.135. The Kier molecular flexibility index (Phi) is 4.01. The van der Waals surface area contributed by atoms with Gasteiger partial charge in [-0.2, -0.15) is 0 Å². The molecule has 2 rings (SSSR count). The number of ketones is 1. The Morgan fingerprint density at radius 1 is 1.50 bits per heavy atom. The van der Waals surface area contributed by atoms with Gasteiger partial charge in [0.25, 0.3) is 0 Å². The Labute approximate surface area is 111 Å². The number of para-hydroxylation sites is 1. The molecule has 0 fully saturated rings. The van der Waals surface area contributed by atoms with E-state index in [0.717, 1.165) is 21.0 Å². The topological polar surface area (TPSA) is 45.3 Å². The number of halogens is 1. The average molecular weight is 267 g/mol. The summed E-state index contributed by atoms with van der Waals surface area (Å²) in [5, 5.41) is 1.10. The second-order valence-electron chi connectivity index (χ2n) is 4.14. The van der Waals surface area contributed by atoms with Crippen LogP contribution in [0.5, 0.6) is 0 Å². The minimum absolute atomic E-state index is 0.0304. The van der Waals surface area contributed by atoms with Crippen LogP contribution in [0.1, 0.15) is 12.5 Å². The summed E-state index contributed by atoms with van der Waals surface area (Å²) in [5.74, 6) is -0.0304. The van der Waals surface area contributed by atoms with Gasteiger partial charge < -0.3 is 4.98 Å². The van der Waals surface area contributed by atoms with Gasteiger partial charge in [0.1, 0.15) is 6.04 Å². The van der Waals surface area contributed by atoms with Crippen molar-refractivity contribution in [1.82, 2.24) is 9.57 Å². The van der Waals surface area contributed by atoms with Crippen LogP contribution in [0.4, 0.5) is 0 Å². The van der Waals surface area contributed by atoms with Gasteiger partial charge in [0.05, 0.1) is 7.11 Å². The number of Topliss-reactive ketones (excluding diaryl/α,β-unsaturated/α-hetero) is 1. The highest BCUT2D eigenvalue weighted by atomic mass is 35.5. The van der Waals surface area contributed by atoms with Gasteiger partial charge in [-0.25, -0.2) is 0 Å². The number of benzene rings is 1. The lowest BCUT2D eigenvalue weighted by atomic mass is 10.0. The Morgan fingerprint density at radius 2 is 2.22 bits per heavy atom. The molecule has 0 aliphatic rings. The monoisotopic (exact) mass is 266 g/mol. The smallest absolute Gasteiger partial charge is 0.151 e. The molecular weight excluding hydrogens is 252 g/mol. The summed E-state index contributed by atoms with van der Waals surface area (Å²) in [6.07, 6.45) is 2.41. The molecule has 5 heteroatoms. The van der Waals surface area contributed by atoms with Crippen molar-refractivity contribution in [1.29, 1.82) is 0 Å². The maximum atomic E-state index is 11.6. The molecule has 1 N–H and O–H groups in total. The number of hydrogen-bond acceptors (Lipinski definition) is 3. The number of aromatic amines is 1. The van der Waals surface area contributed by atoms with Crippen molar-refractivity contribution in [2.45, 2.75) is 19.4 Å². The van der Waals surface area contributed by atoms with Crippen LogP contribution in [0, 0.1) is 0 Å². The molecule has 0 saturated heterocycles. The van der Waals surface area contributed by atoms with Gasteiger partial charge in [-0.1, -0.05) is 22.8 Å². The predicted molar refractivity (Wildman–Crippen MR) is 71.2 cm³/mol. The first kappa shape index (κ1) is 13.1. The van der Waals surface area contributed by atoms with Crippen LogP contribution in [0.25, 0.3) is 10.9 Å². The quantitative estimate of drug-likeness (QED) is 0.669. The van der Waals surface area contributed by atoms with E-state index >= 15 is 0 Å². The highest BCUT2D eigenvalue weighted by Crippen LogP contribution is 2.21. The van der Waals surface area contributed by atoms with E-state index in [4.69, 9.17) is 16.6 Å². The third-order valence-corrected chi connectivity index (χ3v) is 3.35. The molecule has 18 heavy (non-hydrogen) atoms. The van der Waals surface area contributed by atoms with E-state index < -0.39 is 6.04 Å². The van der Waals surface area contributed by atoms with Crippen LogP contribution in [0.3, 0.4) is 0 Å². The van der Waals surface area contributed by atoms with Crippen LogP contribution >= 0.6 is 11.8 Å². The maximum Gasteiger partial charge on any atom is 0.151 e. The van der Waals surface area contributed by atoms with Gasteiger partial charge in [0.15, 0.2) is 5.78 Å². The summed E-state index contributed by atoms with van der Waals surface area (Å²) in [5.41, 5.74) is 2.10. The van der Waals surface area contributed by atoms with E-state index in [9.17, 15) is 4.79 Å². The van der Waals surface area contributed by atoms with E-state index in [1.807, 2.05) is 30.5 Å². The van der Waals surface area contributed by atoms with Crippen LogP contribution in [0.2, 0.25) is 0 Å². The van der Waals surface area contributed by atoms with Crippen LogP contribution in [-0.2, 0) is 16.1 Å². The molecule has 0 amide bonds. The number of aromatic nitrogens is 1. The van der Waals surface area contributed by atoms with Gasteiger partial charge in [-0.15, -0.1) is 0 Å². The summed E-state index contributed by atoms with van der Waals surface area (Å²) in [6.45, 7) is 1.51. The van der Waals surface area contributed by atoms with E-state index in [0.29, 0.717) is 6.42 Å². The molecule has 1 aromatic heterocycles. The molecule has 0 aliphatic carbocycles. The first-order chi connectivity index (χ1) is 8.63. The normalized spacial score (nSPS) is 13.1. The average Bonchev–Trinajstić information content (AvgIpc) is 2.78. The molecule has 0 bridgehead atoms. The third-order valence-electron chi connectivity index (χ3n) is 2.98. The molecule has 1 unspecified atom stereocenters. The molecule has 1 atom stereocenters. The van der Waals surface area contributed by atoms with Crippen LogP contribution in [-0.4, -0.2) is 28.5 Å². The fourth-order valence-corrected chi connectivity index (χ4v) is 2.20. The molecule has 2 aromatic rings. The number of nitrogens with zero attached hydrogens (tertiary/aromatic N) is 1. The number of rotatable bonds is 5. The molecule has 0 saturated carbocycles. The first-order valence-electron chi connectivity index (χ1n) is 5.68. The van der Waals surface area contributed by atoms with Crippen LogP contribution in [0.15, 0.2) is 30.5 Å². The Morgan fingerprint density at radius 3 is 2.89 bits per heavy atom. The second kappa shape index (κ2) is 5.52. The Balaban J connectivity index is 2.29. The minimum atomic E-state index is -0.490. The minimum Gasteiger partial charge on any atom is -0.361 e. The van der Waals surface area contributed by atoms with Gasteiger partial charge in [0.2, 0.25) is 0 Å². The third kappa shape index (κ3) is 2.56. The van der Waals surface area contributed by atoms with Crippen molar-refractivity contribution >= 4 is 28.5 Å². The molecule has 0 spiro atoms. The van der Waals surface area contributed by atoms with E-state index in [2.05, 4.69) is 4.98 Å². The molecular formula is C13H15ClN2O2. The first-order valence-corrected chi connectivity index (χ1v) is 6.02. The summed E-state index contributed by atoms with van der Waals surface area (Å²) >= 11 is 5.87. The second-order valence-corrected chi connectivity index (χ2v) is 4.48. The summed E-state index contributed by atoms with van der Waals surface area (Å²) < 4.78 is 1.07. The van der Waals surface area contributed by atoms with Crippen molar-refractivity contribution in [3.63, 3.8) is 0 Å². The van der Waals surface area contributed by atoms with Crippen LogP contribution < -0.4 is 0 Å². The zero-order chi connectivity index (χ0) is 13.1. The highest BCUT2D eigenvalue weighted by Gasteiger charge is 2.23. The standard InChI is InChI=1S/C13H15ClN2O2/c1-9(17)13(16(14)18-2)7-10-8-15-12-6-4-3-5-11(10)12/h3-6,8,13,15H,7H2,1-2H3. The van der Waals surface area contributed by atoms with Gasteiger partial charge in [-0.05, 0) is 18.6 Å². The van der Waals surface area contributed by atoms with Gasteiger partial charge >= 0.3 is 0 Å². The number of hydroxylamine groups is 1. The Hall–Kier alpha value is -1.36. The number of nitrogens with one attached hydrogen (secondary N) is 1. The maximum absolute atomic E-state index is 11.6. The lowest BCUT2D eigenvalue weighted by Crippen LogP contribution is -2.34. The number of H-pyrrole nitrogens is 1. The number of fused-ring (bicyclic) bond motifs is 1. The van der Waals surface area contributed by atoms with Crippen molar-refractivity contribution in [2.75, 3.05) is 7.11 Å². The van der Waals surface area contributed by atoms with Crippen molar-refractivity contribution in [3.05, 3.63) is 36.0 Å². The van der Waals surface area contributed by atoms with Crippen molar-refractivity contribution in [3.8, 4) is 0 Å². The fourth-order valence-electron chi connectivity index (χ4n) is 1.99. The van der Waals surface area contributed by atoms with Crippen molar-refractivity contribution < 1.29 is 9.63 Å². The van der Waals surface area contributed by atoms with Gasteiger partial charge in [0, 0.05) is 35.3 Å². The summed E-state index contributed by atoms with van der Waals surface area (Å²) in [4.78, 5) is 19.7. The molecule has 0 aliphatic heterocycles. The van der Waals surface area contributed by atoms with Gasteiger partial charge in [-0.3, -0.25) is 9.63 Å². The van der Waals surface area contributed by atoms with E-state index in [1.165, 1.54) is 14.0 Å². The zero-order valence-corrected chi connectivity index (χ0v) is 11.1. The Bertz CT molecular complexity index is 553. The summed E-state index contributed by atoms with van der Waals surface area (Å²) in [7, 11) is 1.44. The summed E-state index contributed by atoms with van der Waals surface area (Å²) in [6, 6.07) is 7.46. The molecule has 96 valence electrons. The largest absolute Gasteiger partial charge is 0.361 e. The lowest BCUT2D eigenvalue weighted by Gasteiger charge is -2.20. The molecule has 4 nitrogen and oxygen atoms in total. The highest BCUT2D eigenvalue weighted by molar-refractivity contribution is 6.14. The number of hydrogen-bond donors (Lipinski definition) is 1. The SMILES string of the molecule is CON(Cl)C(Cc1c[nH]c2ccccc12)C(C)=O.